The summed E-state index contributed by atoms with van der Waals surface area (Å²) >= 11 is 0. The number of methoxy groups -OCH3 is 3. The number of amides is 2. The van der Waals surface area contributed by atoms with Gasteiger partial charge in [0, 0.05) is 18.3 Å². The number of rotatable bonds is 7. The zero-order valence-electron chi connectivity index (χ0n) is 16.1. The predicted molar refractivity (Wildman–Crippen MR) is 103 cm³/mol. The van der Waals surface area contributed by atoms with Crippen molar-refractivity contribution >= 4 is 17.5 Å². The molecule has 2 rings (SSSR count). The number of hydrogen-bond donors (Lipinski definition) is 2. The number of anilines is 1. The second-order valence-corrected chi connectivity index (χ2v) is 5.87. The van der Waals surface area contributed by atoms with Gasteiger partial charge in [-0.1, -0.05) is 0 Å². The van der Waals surface area contributed by atoms with Gasteiger partial charge in [-0.05, 0) is 48.4 Å². The minimum absolute atomic E-state index is 0.132. The Kier molecular flexibility index (Phi) is 6.65. The van der Waals surface area contributed by atoms with Crippen molar-refractivity contribution in [1.29, 1.82) is 0 Å². The molecule has 0 atom stereocenters. The number of hydrogen-bond acceptors (Lipinski definition) is 5. The molecule has 0 bridgehead atoms. The number of aryl methyl sites for hydroxylation is 1. The molecule has 27 heavy (non-hydrogen) atoms. The molecule has 0 aromatic heterocycles. The second-order valence-electron chi connectivity index (χ2n) is 5.87. The average Bonchev–Trinajstić information content (AvgIpc) is 2.67. The monoisotopic (exact) mass is 372 g/mol. The van der Waals surface area contributed by atoms with Crippen LogP contribution in [-0.4, -0.2) is 40.2 Å². The van der Waals surface area contributed by atoms with Gasteiger partial charge < -0.3 is 24.8 Å². The van der Waals surface area contributed by atoms with Crippen LogP contribution in [0, 0.1) is 6.92 Å². The summed E-state index contributed by atoms with van der Waals surface area (Å²) < 4.78 is 15.9. The molecule has 0 spiro atoms. The van der Waals surface area contributed by atoms with Crippen LogP contribution in [0.3, 0.4) is 0 Å². The maximum atomic E-state index is 12.5. The van der Waals surface area contributed by atoms with Crippen LogP contribution in [0.25, 0.3) is 0 Å². The molecule has 0 aliphatic heterocycles. The van der Waals surface area contributed by atoms with Crippen LogP contribution in [0.1, 0.15) is 21.5 Å². The SMILES string of the molecule is CNC(=O)c1ccc(NC(=O)Cc2cc(OC)c(OC)c(OC)c2)c(C)c1. The Morgan fingerprint density at radius 1 is 0.963 bits per heavy atom. The quantitative estimate of drug-likeness (QED) is 0.780. The fourth-order valence-corrected chi connectivity index (χ4v) is 2.71. The van der Waals surface area contributed by atoms with E-state index in [1.54, 1.807) is 37.4 Å². The summed E-state index contributed by atoms with van der Waals surface area (Å²) in [5.41, 5.74) is 2.72. The van der Waals surface area contributed by atoms with Gasteiger partial charge in [0.15, 0.2) is 11.5 Å². The molecular formula is C20H24N2O5. The van der Waals surface area contributed by atoms with Crippen LogP contribution >= 0.6 is 0 Å². The van der Waals surface area contributed by atoms with Gasteiger partial charge in [-0.25, -0.2) is 0 Å². The highest BCUT2D eigenvalue weighted by atomic mass is 16.5. The van der Waals surface area contributed by atoms with E-state index >= 15 is 0 Å². The number of nitrogens with one attached hydrogen (secondary N) is 2. The van der Waals surface area contributed by atoms with Crippen LogP contribution in [0.5, 0.6) is 17.2 Å². The highest BCUT2D eigenvalue weighted by molar-refractivity contribution is 5.96. The molecular weight excluding hydrogens is 348 g/mol. The van der Waals surface area contributed by atoms with Crippen LogP contribution in [0.4, 0.5) is 5.69 Å². The molecule has 2 aromatic carbocycles. The highest BCUT2D eigenvalue weighted by Crippen LogP contribution is 2.38. The maximum Gasteiger partial charge on any atom is 0.251 e. The van der Waals surface area contributed by atoms with Gasteiger partial charge in [0.2, 0.25) is 11.7 Å². The standard InChI is InChI=1S/C20H24N2O5/c1-12-8-14(20(24)21-2)6-7-15(12)22-18(23)11-13-9-16(25-3)19(27-5)17(10-13)26-4/h6-10H,11H2,1-5H3,(H,21,24)(H,22,23). The number of benzene rings is 2. The Morgan fingerprint density at radius 2 is 1.59 bits per heavy atom. The number of carbonyl (C=O) groups is 2. The van der Waals surface area contributed by atoms with E-state index in [9.17, 15) is 9.59 Å². The van der Waals surface area contributed by atoms with E-state index in [1.807, 2.05) is 6.92 Å². The normalized spacial score (nSPS) is 10.1. The Bertz CT molecular complexity index is 823. The Morgan fingerprint density at radius 3 is 2.07 bits per heavy atom. The summed E-state index contributed by atoms with van der Waals surface area (Å²) in [6.07, 6.45) is 0.132. The van der Waals surface area contributed by atoms with Crippen molar-refractivity contribution in [3.63, 3.8) is 0 Å². The van der Waals surface area contributed by atoms with Crippen LogP contribution in [-0.2, 0) is 11.2 Å². The van der Waals surface area contributed by atoms with Crippen molar-refractivity contribution in [2.45, 2.75) is 13.3 Å². The number of ether oxygens (including phenoxy) is 3. The Balaban J connectivity index is 2.17. The summed E-state index contributed by atoms with van der Waals surface area (Å²) in [5.74, 6) is 1.09. The summed E-state index contributed by atoms with van der Waals surface area (Å²) in [6.45, 7) is 1.83. The van der Waals surface area contributed by atoms with E-state index in [0.29, 0.717) is 28.5 Å². The lowest BCUT2D eigenvalue weighted by Crippen LogP contribution is -2.19. The number of carbonyl (C=O) groups excluding carboxylic acids is 2. The molecule has 144 valence electrons. The topological polar surface area (TPSA) is 85.9 Å². The van der Waals surface area contributed by atoms with E-state index in [1.165, 1.54) is 21.3 Å². The third kappa shape index (κ3) is 4.69. The van der Waals surface area contributed by atoms with Crippen molar-refractivity contribution in [1.82, 2.24) is 5.32 Å². The van der Waals surface area contributed by atoms with Gasteiger partial charge in [-0.15, -0.1) is 0 Å². The minimum Gasteiger partial charge on any atom is -0.493 e. The lowest BCUT2D eigenvalue weighted by molar-refractivity contribution is -0.115. The molecule has 0 aliphatic carbocycles. The van der Waals surface area contributed by atoms with Gasteiger partial charge in [0.25, 0.3) is 5.91 Å². The van der Waals surface area contributed by atoms with Gasteiger partial charge in [-0.3, -0.25) is 9.59 Å². The van der Waals surface area contributed by atoms with Crippen molar-refractivity contribution in [2.75, 3.05) is 33.7 Å². The van der Waals surface area contributed by atoms with Gasteiger partial charge >= 0.3 is 0 Å². The average molecular weight is 372 g/mol. The Labute approximate surface area is 158 Å². The summed E-state index contributed by atoms with van der Waals surface area (Å²) in [7, 11) is 6.15. The third-order valence-corrected chi connectivity index (χ3v) is 4.08. The fraction of sp³-hybridized carbons (Fsp3) is 0.300. The van der Waals surface area contributed by atoms with Gasteiger partial charge in [-0.2, -0.15) is 0 Å². The molecule has 7 nitrogen and oxygen atoms in total. The molecule has 0 fully saturated rings. The van der Waals surface area contributed by atoms with Crippen LogP contribution in [0.2, 0.25) is 0 Å². The minimum atomic E-state index is -0.194. The van der Waals surface area contributed by atoms with Crippen molar-refractivity contribution in [3.8, 4) is 17.2 Å². The van der Waals surface area contributed by atoms with E-state index < -0.39 is 0 Å². The molecule has 0 unspecified atom stereocenters. The first-order valence-corrected chi connectivity index (χ1v) is 8.35. The third-order valence-electron chi connectivity index (χ3n) is 4.08. The zero-order chi connectivity index (χ0) is 20.0. The van der Waals surface area contributed by atoms with Gasteiger partial charge in [0.05, 0.1) is 27.8 Å². The molecule has 2 amide bonds. The molecule has 2 N–H and O–H groups in total. The van der Waals surface area contributed by atoms with Crippen molar-refractivity contribution < 1.29 is 23.8 Å². The van der Waals surface area contributed by atoms with E-state index in [-0.39, 0.29) is 18.2 Å². The first kappa shape index (κ1) is 20.1. The summed E-state index contributed by atoms with van der Waals surface area (Å²) in [6, 6.07) is 8.59. The summed E-state index contributed by atoms with van der Waals surface area (Å²) in [4.78, 5) is 24.1. The van der Waals surface area contributed by atoms with Crippen molar-refractivity contribution in [3.05, 3.63) is 47.0 Å². The van der Waals surface area contributed by atoms with E-state index in [4.69, 9.17) is 14.2 Å². The fourth-order valence-electron chi connectivity index (χ4n) is 2.71. The lowest BCUT2D eigenvalue weighted by atomic mass is 10.1. The largest absolute Gasteiger partial charge is 0.493 e. The van der Waals surface area contributed by atoms with Gasteiger partial charge in [0.1, 0.15) is 0 Å². The molecule has 0 saturated carbocycles. The van der Waals surface area contributed by atoms with E-state index in [0.717, 1.165) is 11.1 Å². The second kappa shape index (κ2) is 8.93. The van der Waals surface area contributed by atoms with Crippen molar-refractivity contribution in [2.24, 2.45) is 0 Å². The molecule has 0 heterocycles. The Hall–Kier alpha value is -3.22. The zero-order valence-corrected chi connectivity index (χ0v) is 16.1. The molecule has 7 heteroatoms. The maximum absolute atomic E-state index is 12.5. The lowest BCUT2D eigenvalue weighted by Gasteiger charge is -2.14. The first-order chi connectivity index (χ1) is 12.9. The van der Waals surface area contributed by atoms with Crippen LogP contribution in [0.15, 0.2) is 30.3 Å². The summed E-state index contributed by atoms with van der Waals surface area (Å²) in [5, 5.41) is 5.43. The van der Waals surface area contributed by atoms with Crippen LogP contribution < -0.4 is 24.8 Å². The smallest absolute Gasteiger partial charge is 0.251 e. The molecule has 0 radical (unpaired) electrons. The predicted octanol–water partition coefficient (Wildman–Crippen LogP) is 2.56. The highest BCUT2D eigenvalue weighted by Gasteiger charge is 2.15. The molecule has 0 saturated heterocycles. The first-order valence-electron chi connectivity index (χ1n) is 8.35. The molecule has 0 aliphatic rings. The molecule has 2 aromatic rings. The van der Waals surface area contributed by atoms with E-state index in [2.05, 4.69) is 10.6 Å².